The minimum absolute atomic E-state index is 0.0798. The molecule has 0 radical (unpaired) electrons. The first-order chi connectivity index (χ1) is 8.67. The van der Waals surface area contributed by atoms with E-state index < -0.39 is 0 Å². The molecule has 8 nitrogen and oxygen atoms in total. The Bertz CT molecular complexity index is 532. The van der Waals surface area contributed by atoms with E-state index in [0.29, 0.717) is 18.1 Å². The van der Waals surface area contributed by atoms with Crippen molar-refractivity contribution in [2.75, 3.05) is 12.4 Å². The fourth-order valence-corrected chi connectivity index (χ4v) is 1.42. The minimum Gasteiger partial charge on any atom is -0.338 e. The molecule has 1 amide bonds. The summed E-state index contributed by atoms with van der Waals surface area (Å²) >= 11 is 0. The van der Waals surface area contributed by atoms with Crippen LogP contribution in [0.5, 0.6) is 0 Å². The van der Waals surface area contributed by atoms with Gasteiger partial charge in [0.05, 0.1) is 17.6 Å². The monoisotopic (exact) mass is 250 g/mol. The molecule has 8 heteroatoms. The van der Waals surface area contributed by atoms with Crippen LogP contribution >= 0.6 is 0 Å². The highest BCUT2D eigenvalue weighted by Gasteiger charge is 2.08. The van der Waals surface area contributed by atoms with Crippen molar-refractivity contribution < 1.29 is 9.32 Å². The van der Waals surface area contributed by atoms with E-state index in [1.165, 1.54) is 4.68 Å². The number of carbonyl (C=O) groups is 1. The van der Waals surface area contributed by atoms with Gasteiger partial charge in [-0.1, -0.05) is 10.4 Å². The lowest BCUT2D eigenvalue weighted by Gasteiger charge is -1.99. The van der Waals surface area contributed by atoms with E-state index in [9.17, 15) is 4.79 Å². The summed E-state index contributed by atoms with van der Waals surface area (Å²) < 4.78 is 6.34. The number of anilines is 1. The van der Waals surface area contributed by atoms with Gasteiger partial charge in [0.15, 0.2) is 0 Å². The van der Waals surface area contributed by atoms with Crippen molar-refractivity contribution in [3.8, 4) is 0 Å². The van der Waals surface area contributed by atoms with Crippen molar-refractivity contribution in [3.63, 3.8) is 0 Å². The van der Waals surface area contributed by atoms with E-state index in [4.69, 9.17) is 4.52 Å². The molecule has 2 rings (SSSR count). The summed E-state index contributed by atoms with van der Waals surface area (Å²) in [7, 11) is 1.82. The highest BCUT2D eigenvalue weighted by Crippen LogP contribution is 2.08. The molecule has 2 heterocycles. The number of amides is 1. The van der Waals surface area contributed by atoms with Crippen molar-refractivity contribution >= 4 is 11.8 Å². The highest BCUT2D eigenvalue weighted by atomic mass is 16.5. The summed E-state index contributed by atoms with van der Waals surface area (Å²) in [5.41, 5.74) is 1.49. The van der Waals surface area contributed by atoms with Gasteiger partial charge in [0.25, 0.3) is 0 Å². The molecule has 96 valence electrons. The number of aryl methyl sites for hydroxylation is 1. The van der Waals surface area contributed by atoms with E-state index >= 15 is 0 Å². The van der Waals surface area contributed by atoms with Gasteiger partial charge in [-0.15, -0.1) is 5.10 Å². The molecule has 2 aromatic heterocycles. The fourth-order valence-electron chi connectivity index (χ4n) is 1.42. The molecule has 0 fully saturated rings. The Kier molecular flexibility index (Phi) is 3.68. The van der Waals surface area contributed by atoms with Gasteiger partial charge in [0, 0.05) is 12.6 Å². The first-order valence-electron chi connectivity index (χ1n) is 5.44. The Balaban J connectivity index is 1.90. The SMILES string of the molecule is CNCc1cn(CC(=O)Nc2cc(C)no2)nn1. The third-order valence-electron chi connectivity index (χ3n) is 2.14. The van der Waals surface area contributed by atoms with Crippen LogP contribution in [0.3, 0.4) is 0 Å². The van der Waals surface area contributed by atoms with Gasteiger partial charge in [0.1, 0.15) is 6.54 Å². The second-order valence-electron chi connectivity index (χ2n) is 3.82. The quantitative estimate of drug-likeness (QED) is 0.771. The van der Waals surface area contributed by atoms with Crippen LogP contribution in [0.4, 0.5) is 5.88 Å². The number of nitrogens with one attached hydrogen (secondary N) is 2. The Labute approximate surface area is 103 Å². The molecule has 0 saturated carbocycles. The maximum atomic E-state index is 11.7. The zero-order chi connectivity index (χ0) is 13.0. The largest absolute Gasteiger partial charge is 0.338 e. The van der Waals surface area contributed by atoms with Gasteiger partial charge in [-0.2, -0.15) is 0 Å². The third kappa shape index (κ3) is 3.14. The summed E-state index contributed by atoms with van der Waals surface area (Å²) in [6, 6.07) is 1.64. The van der Waals surface area contributed by atoms with Gasteiger partial charge in [-0.3, -0.25) is 10.1 Å². The number of carbonyl (C=O) groups excluding carboxylic acids is 1. The summed E-state index contributed by atoms with van der Waals surface area (Å²) in [5.74, 6) is 0.0834. The number of aromatic nitrogens is 4. The van der Waals surface area contributed by atoms with Gasteiger partial charge in [-0.25, -0.2) is 4.68 Å². The second kappa shape index (κ2) is 5.41. The van der Waals surface area contributed by atoms with Crippen LogP contribution in [-0.2, 0) is 17.9 Å². The molecule has 18 heavy (non-hydrogen) atoms. The summed E-state index contributed by atoms with van der Waals surface area (Å²) in [5, 5.41) is 17.0. The minimum atomic E-state index is -0.243. The molecule has 0 aliphatic carbocycles. The van der Waals surface area contributed by atoms with E-state index in [-0.39, 0.29) is 12.5 Å². The standard InChI is InChI=1S/C10H14N6O2/c1-7-3-10(18-14-7)12-9(17)6-16-5-8(4-11-2)13-15-16/h3,5,11H,4,6H2,1-2H3,(H,12,17). The Morgan fingerprint density at radius 3 is 3.06 bits per heavy atom. The van der Waals surface area contributed by atoms with Gasteiger partial charge in [0.2, 0.25) is 11.8 Å². The molecule has 2 aromatic rings. The van der Waals surface area contributed by atoms with Crippen LogP contribution in [0.25, 0.3) is 0 Å². The first-order valence-corrected chi connectivity index (χ1v) is 5.44. The lowest BCUT2D eigenvalue weighted by Crippen LogP contribution is -2.18. The normalized spacial score (nSPS) is 10.6. The van der Waals surface area contributed by atoms with Crippen LogP contribution < -0.4 is 10.6 Å². The fraction of sp³-hybridized carbons (Fsp3) is 0.400. The molecular formula is C10H14N6O2. The Hall–Kier alpha value is -2.22. The zero-order valence-electron chi connectivity index (χ0n) is 10.2. The summed E-state index contributed by atoms with van der Waals surface area (Å²) in [4.78, 5) is 11.7. The van der Waals surface area contributed by atoms with Crippen molar-refractivity contribution in [2.24, 2.45) is 0 Å². The van der Waals surface area contributed by atoms with Gasteiger partial charge < -0.3 is 9.84 Å². The number of nitrogens with zero attached hydrogens (tertiary/aromatic N) is 4. The van der Waals surface area contributed by atoms with Gasteiger partial charge in [-0.05, 0) is 14.0 Å². The van der Waals surface area contributed by atoms with Crippen LogP contribution in [0.1, 0.15) is 11.4 Å². The number of hydrogen-bond donors (Lipinski definition) is 2. The molecule has 0 spiro atoms. The predicted octanol–water partition coefficient (Wildman–Crippen LogP) is -0.0674. The topological polar surface area (TPSA) is 97.9 Å². The van der Waals surface area contributed by atoms with Gasteiger partial charge >= 0.3 is 0 Å². The van der Waals surface area contributed by atoms with Crippen molar-refractivity contribution in [2.45, 2.75) is 20.0 Å². The number of rotatable bonds is 5. The van der Waals surface area contributed by atoms with Crippen molar-refractivity contribution in [1.29, 1.82) is 0 Å². The average molecular weight is 250 g/mol. The van der Waals surface area contributed by atoms with Crippen LogP contribution in [0.2, 0.25) is 0 Å². The first kappa shape index (κ1) is 12.2. The van der Waals surface area contributed by atoms with Crippen LogP contribution in [-0.4, -0.2) is 33.1 Å². The molecule has 0 bridgehead atoms. The second-order valence-corrected chi connectivity index (χ2v) is 3.82. The molecule has 0 aromatic carbocycles. The van der Waals surface area contributed by atoms with E-state index in [1.54, 1.807) is 19.2 Å². The lowest BCUT2D eigenvalue weighted by molar-refractivity contribution is -0.117. The molecular weight excluding hydrogens is 236 g/mol. The molecule has 2 N–H and O–H groups in total. The van der Waals surface area contributed by atoms with E-state index in [2.05, 4.69) is 26.1 Å². The van der Waals surface area contributed by atoms with Crippen molar-refractivity contribution in [3.05, 3.63) is 23.7 Å². The molecule has 0 unspecified atom stereocenters. The molecule has 0 aliphatic rings. The Morgan fingerprint density at radius 2 is 2.39 bits per heavy atom. The summed E-state index contributed by atoms with van der Waals surface area (Å²) in [6.45, 7) is 2.47. The van der Waals surface area contributed by atoms with E-state index in [0.717, 1.165) is 5.69 Å². The number of hydrogen-bond acceptors (Lipinski definition) is 6. The Morgan fingerprint density at radius 1 is 1.56 bits per heavy atom. The molecule has 0 aliphatic heterocycles. The van der Waals surface area contributed by atoms with Crippen LogP contribution in [0.15, 0.2) is 16.8 Å². The lowest BCUT2D eigenvalue weighted by atomic mass is 10.4. The zero-order valence-corrected chi connectivity index (χ0v) is 10.2. The van der Waals surface area contributed by atoms with Crippen molar-refractivity contribution in [1.82, 2.24) is 25.5 Å². The maximum absolute atomic E-state index is 11.7. The smallest absolute Gasteiger partial charge is 0.248 e. The molecule has 0 saturated heterocycles. The average Bonchev–Trinajstić information content (AvgIpc) is 2.89. The van der Waals surface area contributed by atoms with Crippen LogP contribution in [0, 0.1) is 6.92 Å². The maximum Gasteiger partial charge on any atom is 0.248 e. The predicted molar refractivity (Wildman–Crippen MR) is 62.7 cm³/mol. The van der Waals surface area contributed by atoms with E-state index in [1.807, 2.05) is 7.05 Å². The molecule has 0 atom stereocenters. The third-order valence-corrected chi connectivity index (χ3v) is 2.14. The summed E-state index contributed by atoms with van der Waals surface area (Å²) in [6.07, 6.45) is 1.71. The highest BCUT2D eigenvalue weighted by molar-refractivity contribution is 5.89.